The third-order valence-corrected chi connectivity index (χ3v) is 27.6. The number of fused-ring (bicyclic) bond motifs is 18. The fourth-order valence-corrected chi connectivity index (χ4v) is 21.6. The van der Waals surface area contributed by atoms with Crippen LogP contribution in [0.1, 0.15) is 70.5 Å². The maximum absolute atomic E-state index is 10.5. The molecule has 5 heterocycles. The van der Waals surface area contributed by atoms with E-state index in [9.17, 15) is 19.2 Å². The van der Waals surface area contributed by atoms with Crippen LogP contribution in [0.5, 0.6) is 11.5 Å². The molecule has 3 aliphatic rings. The predicted molar refractivity (Wildman–Crippen MR) is 555 cm³/mol. The first-order valence-electron chi connectivity index (χ1n) is 51.7. The number of nitrogens with zero attached hydrogens (tertiary/aromatic N) is 4. The number of hydrogen-bond donors (Lipinski definition) is 0. The summed E-state index contributed by atoms with van der Waals surface area (Å²) in [6.07, 6.45) is 0. The van der Waals surface area contributed by atoms with Crippen molar-refractivity contribution in [2.75, 3.05) is 9.80 Å². The summed E-state index contributed by atoms with van der Waals surface area (Å²) in [5, 5.41) is 8.69. The quantitative estimate of drug-likeness (QED) is 0.0953. The van der Waals surface area contributed by atoms with Crippen LogP contribution in [0.3, 0.4) is 0 Å². The van der Waals surface area contributed by atoms with Crippen LogP contribution in [-0.4, -0.2) is 15.8 Å². The molecule has 6 heteroatoms. The van der Waals surface area contributed by atoms with E-state index in [2.05, 4.69) is 299 Å². The van der Waals surface area contributed by atoms with E-state index in [4.69, 9.17) is 4.74 Å². The topological polar surface area (TPSA) is 25.6 Å². The molecule has 26 rings (SSSR count). The van der Waals surface area contributed by atoms with Gasteiger partial charge in [-0.3, -0.25) is 0 Å². The van der Waals surface area contributed by atoms with Gasteiger partial charge in [0.1, 0.15) is 11.5 Å². The van der Waals surface area contributed by atoms with E-state index in [1.165, 1.54) is 0 Å². The molecule has 0 saturated carbocycles. The molecule has 131 heavy (non-hydrogen) atoms. The van der Waals surface area contributed by atoms with E-state index in [1.807, 2.05) is 97.1 Å². The third kappa shape index (κ3) is 11.7. The molecule has 23 aromatic rings. The fourth-order valence-electron chi connectivity index (χ4n) is 21.6. The van der Waals surface area contributed by atoms with Gasteiger partial charge in [-0.2, -0.15) is 0 Å². The fraction of sp³-hybridized carbons (Fsp3) is 0.0560. The van der Waals surface area contributed by atoms with Gasteiger partial charge in [-0.05, 0) is 217 Å². The molecule has 5 nitrogen and oxygen atoms in total. The standard InChI is InChI=1S/C125H87BN4O/c1-124(2,3)88-74-101(80-37-14-8-15-38-80)123(102(75-88)81-39-16-9-17-40-81)130-112-77-90(128-108-57-26-23-48-100(108)120-94(50-32-59-110(120)128)79-35-12-7-13-36-79)67-69-106(112)126-105-68-66-89(127-107-56-25-22-47-99(107)119-93(49-31-58-109(119)127)78-33-10-6-11-34-78)76-111(105)129(113-72-87(73-114(130)121(113)126)86-65-70-116-104(71-86)125(4,5)103-55-24-27-60-115(103)131-116)122-97(95-51-28-43-84-63-61-82-41-18-20-45-91(82)117(84)95)53-30-54-98(122)96-52-29-44-85-64-62-83-42-19-21-46-92(83)118(85)96/h6-77H,1-5H3/i22D,23D,25D,26D,31D,32D,47D,48D,49D,50D,56D,57D,58D,59D. The van der Waals surface area contributed by atoms with Crippen LogP contribution in [0, 0.1) is 0 Å². The van der Waals surface area contributed by atoms with Crippen LogP contribution in [-0.2, 0) is 10.8 Å². The Hall–Kier alpha value is -16.3. The first-order valence-corrected chi connectivity index (χ1v) is 44.7. The lowest BCUT2D eigenvalue weighted by Crippen LogP contribution is -2.61. The Bertz CT molecular complexity index is 9440. The van der Waals surface area contributed by atoms with Gasteiger partial charge in [-0.1, -0.05) is 380 Å². The maximum Gasteiger partial charge on any atom is 0.252 e. The lowest BCUT2D eigenvalue weighted by molar-refractivity contribution is 0.418. The third-order valence-electron chi connectivity index (χ3n) is 27.6. The van der Waals surface area contributed by atoms with Crippen LogP contribution in [0.4, 0.5) is 34.1 Å². The van der Waals surface area contributed by atoms with Crippen LogP contribution >= 0.6 is 0 Å². The van der Waals surface area contributed by atoms with E-state index in [-0.39, 0.29) is 91.0 Å². The molecule has 0 radical (unpaired) electrons. The molecule has 0 bridgehead atoms. The van der Waals surface area contributed by atoms with Gasteiger partial charge in [0.2, 0.25) is 0 Å². The van der Waals surface area contributed by atoms with Gasteiger partial charge >= 0.3 is 0 Å². The summed E-state index contributed by atoms with van der Waals surface area (Å²) >= 11 is 0. The molecule has 0 fully saturated rings. The molecular formula is C125H87BN4O. The van der Waals surface area contributed by atoms with Crippen LogP contribution in [0.2, 0.25) is 0 Å². The van der Waals surface area contributed by atoms with Crippen molar-refractivity contribution in [1.82, 2.24) is 9.13 Å². The highest BCUT2D eigenvalue weighted by molar-refractivity contribution is 7.00. The van der Waals surface area contributed by atoms with Crippen molar-refractivity contribution in [2.24, 2.45) is 0 Å². The highest BCUT2D eigenvalue weighted by atomic mass is 16.5. The van der Waals surface area contributed by atoms with Crippen molar-refractivity contribution in [2.45, 2.75) is 45.4 Å². The van der Waals surface area contributed by atoms with E-state index < -0.39 is 65.9 Å². The van der Waals surface area contributed by atoms with E-state index in [1.54, 1.807) is 9.13 Å². The molecule has 616 valence electrons. The van der Waals surface area contributed by atoms with Gasteiger partial charge < -0.3 is 23.7 Å². The minimum Gasteiger partial charge on any atom is -0.457 e. The van der Waals surface area contributed by atoms with Gasteiger partial charge in [0.05, 0.1) is 52.6 Å². The minimum absolute atomic E-state index is 0.0301. The normalized spacial score (nSPS) is 14.6. The second-order valence-electron chi connectivity index (χ2n) is 36.2. The smallest absolute Gasteiger partial charge is 0.252 e. The number of para-hydroxylation sites is 4. The second-order valence-corrected chi connectivity index (χ2v) is 36.2. The summed E-state index contributed by atoms with van der Waals surface area (Å²) in [6, 6.07) is 115. The number of hydrogen-bond acceptors (Lipinski definition) is 3. The molecular weight excluding hydrogens is 1580 g/mol. The van der Waals surface area contributed by atoms with Gasteiger partial charge in [0.25, 0.3) is 6.71 Å². The number of aromatic nitrogens is 2. The molecule has 0 unspecified atom stereocenters. The Morgan fingerprint density at radius 1 is 0.282 bits per heavy atom. The molecule has 0 amide bonds. The largest absolute Gasteiger partial charge is 0.457 e. The Labute approximate surface area is 781 Å². The number of rotatable bonds is 11. The highest BCUT2D eigenvalue weighted by Gasteiger charge is 2.47. The van der Waals surface area contributed by atoms with Crippen molar-refractivity contribution < 1.29 is 23.9 Å². The summed E-state index contributed by atoms with van der Waals surface area (Å²) in [5.41, 5.74) is 19.4. The molecule has 3 aliphatic heterocycles. The summed E-state index contributed by atoms with van der Waals surface area (Å²) < 4.78 is 151. The maximum atomic E-state index is 10.5. The first-order chi connectivity index (χ1) is 70.2. The zero-order chi connectivity index (χ0) is 99.2. The minimum atomic E-state index is -0.852. The van der Waals surface area contributed by atoms with Gasteiger partial charge in [0.15, 0.2) is 0 Å². The molecule has 21 aromatic carbocycles. The van der Waals surface area contributed by atoms with Crippen molar-refractivity contribution in [1.29, 1.82) is 0 Å². The number of benzene rings is 21. The van der Waals surface area contributed by atoms with Gasteiger partial charge in [-0.15, -0.1) is 0 Å². The van der Waals surface area contributed by atoms with Crippen molar-refractivity contribution in [3.05, 3.63) is 453 Å². The average molecular weight is 1690 g/mol. The lowest BCUT2D eigenvalue weighted by Gasteiger charge is -2.46. The Morgan fingerprint density at radius 2 is 0.695 bits per heavy atom. The van der Waals surface area contributed by atoms with Crippen molar-refractivity contribution in [3.63, 3.8) is 0 Å². The van der Waals surface area contributed by atoms with Crippen LogP contribution in [0.25, 0.3) is 176 Å². The summed E-state index contributed by atoms with van der Waals surface area (Å²) in [7, 11) is 0. The van der Waals surface area contributed by atoms with Crippen molar-refractivity contribution in [3.8, 4) is 101 Å². The van der Waals surface area contributed by atoms with E-state index in [0.29, 0.717) is 51.0 Å². The molecule has 2 aromatic heterocycles. The second kappa shape index (κ2) is 29.4. The Kier molecular flexibility index (Phi) is 14.1. The Balaban J connectivity index is 0.894. The molecule has 0 N–H and O–H groups in total. The predicted octanol–water partition coefficient (Wildman–Crippen LogP) is 32.0. The summed E-state index contributed by atoms with van der Waals surface area (Å²) in [6.45, 7) is 10.3. The van der Waals surface area contributed by atoms with Crippen molar-refractivity contribution >= 4 is 144 Å². The SMILES string of the molecule is [2H]c1c([2H])c([2H])c2c(c1[2H])c1c(-c3ccccc3)c([2H])c([2H])c([2H])c1n2-c1ccc2c(c1)N(c1c(-c3ccccc3)cc(C(C)(C)C)cc1-c1ccccc1)c1cc(-c3ccc4c(c3)C(C)(C)c3ccccc3O4)cc3c1B2c1ccc(-n2c4c([2H])c([2H])c([2H])c([2H])c4c4c(-c5ccccc5)c([2H])c([2H])c([2H])c42)cc1N3c1c(-c2cccc3ccc4ccccc4c23)cccc1-c1cccc2ccc3ccccc3c12. The molecule has 0 aliphatic carbocycles. The van der Waals surface area contributed by atoms with E-state index in [0.717, 1.165) is 149 Å². The Morgan fingerprint density at radius 3 is 1.20 bits per heavy atom. The molecule has 0 saturated heterocycles. The zero-order valence-electron chi connectivity index (χ0n) is 86.3. The number of ether oxygens (including phenoxy) is 1. The van der Waals surface area contributed by atoms with Gasteiger partial charge in [-0.25, -0.2) is 0 Å². The molecule has 0 atom stereocenters. The average Bonchev–Trinajstić information content (AvgIpc) is 0.712. The lowest BCUT2D eigenvalue weighted by atomic mass is 9.33. The highest BCUT2D eigenvalue weighted by Crippen LogP contribution is 2.58. The monoisotopic (exact) mass is 1680 g/mol. The van der Waals surface area contributed by atoms with Crippen LogP contribution < -0.4 is 30.9 Å². The van der Waals surface area contributed by atoms with Crippen LogP contribution in [0.15, 0.2) is 436 Å². The molecule has 0 spiro atoms. The first kappa shape index (κ1) is 62.8. The van der Waals surface area contributed by atoms with Gasteiger partial charge in [0, 0.05) is 94.5 Å². The summed E-state index contributed by atoms with van der Waals surface area (Å²) in [5.74, 6) is 1.45. The number of anilines is 6. The summed E-state index contributed by atoms with van der Waals surface area (Å²) in [4.78, 5) is 4.86. The zero-order valence-corrected chi connectivity index (χ0v) is 72.3. The van der Waals surface area contributed by atoms with E-state index >= 15 is 0 Å².